The van der Waals surface area contributed by atoms with E-state index in [9.17, 15) is 5.11 Å². The summed E-state index contributed by atoms with van der Waals surface area (Å²) in [6.07, 6.45) is -0.521. The highest BCUT2D eigenvalue weighted by atomic mass is 16.3. The van der Waals surface area contributed by atoms with E-state index in [1.807, 2.05) is 12.1 Å². The number of rotatable bonds is 5. The van der Waals surface area contributed by atoms with E-state index in [1.165, 1.54) is 0 Å². The molecule has 0 amide bonds. The minimum Gasteiger partial charge on any atom is -0.395 e. The topological polar surface area (TPSA) is 70.7 Å². The number of nitrogens with zero attached hydrogens (tertiary/aromatic N) is 3. The van der Waals surface area contributed by atoms with Gasteiger partial charge in [-0.25, -0.2) is 0 Å². The van der Waals surface area contributed by atoms with Gasteiger partial charge >= 0.3 is 0 Å². The second-order valence-corrected chi connectivity index (χ2v) is 5.12. The highest BCUT2D eigenvalue weighted by molar-refractivity contribution is 5.32. The number of hydrogen-bond acceptors (Lipinski definition) is 5. The molecule has 1 aliphatic heterocycles. The lowest BCUT2D eigenvalue weighted by atomic mass is 10.1. The van der Waals surface area contributed by atoms with E-state index in [0.717, 1.165) is 38.3 Å². The van der Waals surface area contributed by atoms with Crippen LogP contribution >= 0.6 is 0 Å². The Kier molecular flexibility index (Phi) is 5.50. The summed E-state index contributed by atoms with van der Waals surface area (Å²) in [5, 5.41) is 27.9. The molecule has 2 rings (SSSR count). The number of nitriles is 1. The molecule has 0 spiro atoms. The van der Waals surface area contributed by atoms with Gasteiger partial charge in [-0.1, -0.05) is 12.1 Å². The Bertz CT molecular complexity index is 447. The zero-order chi connectivity index (χ0) is 14.4. The van der Waals surface area contributed by atoms with Gasteiger partial charge in [-0.3, -0.25) is 9.80 Å². The standard InChI is InChI=1S/C15H21N3O2/c16-11-13-1-3-14(4-2-13)15(20)12-18-7-5-17(6-8-18)9-10-19/h1-4,15,19-20H,5-10,12H2. The molecule has 1 saturated heterocycles. The molecule has 5 heteroatoms. The quantitative estimate of drug-likeness (QED) is 0.803. The van der Waals surface area contributed by atoms with Crippen LogP contribution in [0.5, 0.6) is 0 Å². The van der Waals surface area contributed by atoms with Gasteiger partial charge in [0.05, 0.1) is 24.3 Å². The Morgan fingerprint density at radius 1 is 1.10 bits per heavy atom. The Hall–Kier alpha value is -1.45. The number of aliphatic hydroxyl groups excluding tert-OH is 2. The fourth-order valence-electron chi connectivity index (χ4n) is 2.47. The minimum atomic E-state index is -0.521. The van der Waals surface area contributed by atoms with Crippen molar-refractivity contribution in [2.75, 3.05) is 45.9 Å². The van der Waals surface area contributed by atoms with E-state index in [2.05, 4.69) is 15.9 Å². The van der Waals surface area contributed by atoms with Crippen molar-refractivity contribution in [3.63, 3.8) is 0 Å². The average Bonchev–Trinajstić information content (AvgIpc) is 2.49. The van der Waals surface area contributed by atoms with Crippen LogP contribution in [0, 0.1) is 11.3 Å². The van der Waals surface area contributed by atoms with Crippen LogP contribution in [0.25, 0.3) is 0 Å². The maximum Gasteiger partial charge on any atom is 0.0991 e. The summed E-state index contributed by atoms with van der Waals surface area (Å²) in [7, 11) is 0. The second-order valence-electron chi connectivity index (χ2n) is 5.12. The largest absolute Gasteiger partial charge is 0.395 e. The third kappa shape index (κ3) is 4.02. The lowest BCUT2D eigenvalue weighted by molar-refractivity contribution is 0.0661. The summed E-state index contributed by atoms with van der Waals surface area (Å²) in [5.41, 5.74) is 1.46. The van der Waals surface area contributed by atoms with Gasteiger partial charge < -0.3 is 10.2 Å². The molecule has 1 aliphatic rings. The molecule has 1 aromatic rings. The zero-order valence-corrected chi connectivity index (χ0v) is 11.6. The van der Waals surface area contributed by atoms with Gasteiger partial charge in [0, 0.05) is 39.3 Å². The molecule has 1 heterocycles. The van der Waals surface area contributed by atoms with E-state index in [-0.39, 0.29) is 6.61 Å². The lowest BCUT2D eigenvalue weighted by Gasteiger charge is -2.35. The highest BCUT2D eigenvalue weighted by Crippen LogP contribution is 2.16. The van der Waals surface area contributed by atoms with E-state index in [1.54, 1.807) is 12.1 Å². The average molecular weight is 275 g/mol. The van der Waals surface area contributed by atoms with Crippen LogP contribution < -0.4 is 0 Å². The van der Waals surface area contributed by atoms with Crippen molar-refractivity contribution in [3.8, 4) is 6.07 Å². The summed E-state index contributed by atoms with van der Waals surface area (Å²) < 4.78 is 0. The van der Waals surface area contributed by atoms with Crippen molar-refractivity contribution in [2.24, 2.45) is 0 Å². The molecule has 20 heavy (non-hydrogen) atoms. The van der Waals surface area contributed by atoms with Crippen molar-refractivity contribution in [1.82, 2.24) is 9.80 Å². The van der Waals surface area contributed by atoms with Crippen molar-refractivity contribution in [1.29, 1.82) is 5.26 Å². The predicted octanol–water partition coefficient (Wildman–Crippen LogP) is 0.202. The first-order valence-electron chi connectivity index (χ1n) is 6.96. The fraction of sp³-hybridized carbons (Fsp3) is 0.533. The van der Waals surface area contributed by atoms with Gasteiger partial charge in [-0.15, -0.1) is 0 Å². The number of hydrogen-bond donors (Lipinski definition) is 2. The molecule has 2 N–H and O–H groups in total. The van der Waals surface area contributed by atoms with Gasteiger partial charge in [-0.05, 0) is 17.7 Å². The summed E-state index contributed by atoms with van der Waals surface area (Å²) in [5.74, 6) is 0. The summed E-state index contributed by atoms with van der Waals surface area (Å²) in [6, 6.07) is 9.16. The van der Waals surface area contributed by atoms with E-state index < -0.39 is 6.10 Å². The van der Waals surface area contributed by atoms with E-state index in [4.69, 9.17) is 10.4 Å². The van der Waals surface area contributed by atoms with Gasteiger partial charge in [0.1, 0.15) is 0 Å². The van der Waals surface area contributed by atoms with Crippen LogP contribution in [-0.2, 0) is 0 Å². The lowest BCUT2D eigenvalue weighted by Crippen LogP contribution is -2.48. The van der Waals surface area contributed by atoms with Crippen molar-refractivity contribution < 1.29 is 10.2 Å². The van der Waals surface area contributed by atoms with E-state index >= 15 is 0 Å². The molecule has 0 aromatic heterocycles. The molecule has 0 bridgehead atoms. The Labute approximate surface area is 119 Å². The Balaban J connectivity index is 1.82. The third-order valence-electron chi connectivity index (χ3n) is 3.74. The summed E-state index contributed by atoms with van der Waals surface area (Å²) in [4.78, 5) is 4.46. The van der Waals surface area contributed by atoms with Crippen LogP contribution in [0.1, 0.15) is 17.2 Å². The van der Waals surface area contributed by atoms with E-state index in [0.29, 0.717) is 12.1 Å². The van der Waals surface area contributed by atoms with Crippen LogP contribution in [0.4, 0.5) is 0 Å². The first-order valence-corrected chi connectivity index (χ1v) is 6.96. The molecule has 0 aliphatic carbocycles. The zero-order valence-electron chi connectivity index (χ0n) is 11.6. The monoisotopic (exact) mass is 275 g/mol. The summed E-state index contributed by atoms with van der Waals surface area (Å²) >= 11 is 0. The molecule has 1 fully saturated rings. The molecule has 1 unspecified atom stereocenters. The first kappa shape index (κ1) is 14.9. The third-order valence-corrected chi connectivity index (χ3v) is 3.74. The first-order chi connectivity index (χ1) is 9.72. The molecular formula is C15H21N3O2. The summed E-state index contributed by atoms with van der Waals surface area (Å²) in [6.45, 7) is 5.22. The molecule has 108 valence electrons. The Morgan fingerprint density at radius 2 is 1.70 bits per heavy atom. The van der Waals surface area contributed by atoms with Gasteiger partial charge in [-0.2, -0.15) is 5.26 Å². The predicted molar refractivity (Wildman–Crippen MR) is 76.1 cm³/mol. The maximum absolute atomic E-state index is 10.2. The maximum atomic E-state index is 10.2. The molecule has 0 saturated carbocycles. The molecule has 0 radical (unpaired) electrons. The van der Waals surface area contributed by atoms with Crippen LogP contribution in [0.2, 0.25) is 0 Å². The molecule has 1 atom stereocenters. The highest BCUT2D eigenvalue weighted by Gasteiger charge is 2.19. The normalized spacial score (nSPS) is 18.6. The van der Waals surface area contributed by atoms with Crippen molar-refractivity contribution in [3.05, 3.63) is 35.4 Å². The van der Waals surface area contributed by atoms with Crippen LogP contribution in [-0.4, -0.2) is 65.9 Å². The smallest absolute Gasteiger partial charge is 0.0991 e. The SMILES string of the molecule is N#Cc1ccc(C(O)CN2CCN(CCO)CC2)cc1. The minimum absolute atomic E-state index is 0.202. The van der Waals surface area contributed by atoms with Gasteiger partial charge in [0.15, 0.2) is 0 Å². The second kappa shape index (κ2) is 7.36. The number of β-amino-alcohol motifs (C(OH)–C–C–N with tert-alkyl or cyclic N) is 2. The van der Waals surface area contributed by atoms with Crippen LogP contribution in [0.15, 0.2) is 24.3 Å². The van der Waals surface area contributed by atoms with Crippen molar-refractivity contribution >= 4 is 0 Å². The van der Waals surface area contributed by atoms with Gasteiger partial charge in [0.2, 0.25) is 0 Å². The Morgan fingerprint density at radius 3 is 2.25 bits per heavy atom. The van der Waals surface area contributed by atoms with Crippen LogP contribution in [0.3, 0.4) is 0 Å². The molecular weight excluding hydrogens is 254 g/mol. The number of benzene rings is 1. The molecule has 1 aromatic carbocycles. The van der Waals surface area contributed by atoms with Gasteiger partial charge in [0.25, 0.3) is 0 Å². The van der Waals surface area contributed by atoms with Crippen molar-refractivity contribution in [2.45, 2.75) is 6.10 Å². The number of piperazine rings is 1. The molecule has 5 nitrogen and oxygen atoms in total. The number of aliphatic hydroxyl groups is 2. The fourth-order valence-corrected chi connectivity index (χ4v) is 2.47.